The molecule has 0 N–H and O–H groups in total. The zero-order valence-corrected chi connectivity index (χ0v) is 14.4. The lowest BCUT2D eigenvalue weighted by atomic mass is 9.82. The fourth-order valence-electron chi connectivity index (χ4n) is 2.60. The summed E-state index contributed by atoms with van der Waals surface area (Å²) in [5.74, 6) is -0.705. The van der Waals surface area contributed by atoms with Crippen LogP contribution in [0, 0.1) is 11.2 Å². The van der Waals surface area contributed by atoms with Gasteiger partial charge in [-0.15, -0.1) is 0 Å². The molecule has 0 saturated carbocycles. The van der Waals surface area contributed by atoms with Gasteiger partial charge in [0.25, 0.3) is 0 Å². The average Bonchev–Trinajstić information content (AvgIpc) is 2.42. The highest BCUT2D eigenvalue weighted by Gasteiger charge is 2.32. The fraction of sp³-hybridized carbons (Fsp3) is 0.600. The molecule has 1 aliphatic heterocycles. The first-order chi connectivity index (χ1) is 10.2. The second kappa shape index (κ2) is 6.83. The summed E-state index contributed by atoms with van der Waals surface area (Å²) in [6.45, 7) is 3.84. The standard InChI is InChI=1S/C15H21ClFNO3S/c1-15(5-7-21-8-6-15)11-18(2)22(19,20)10-12-3-4-13(17)9-14(12)16/h3-4,9H,5-8,10-11H2,1-2H3. The Morgan fingerprint density at radius 1 is 1.36 bits per heavy atom. The van der Waals surface area contributed by atoms with Gasteiger partial charge in [-0.1, -0.05) is 24.6 Å². The van der Waals surface area contributed by atoms with E-state index in [2.05, 4.69) is 6.92 Å². The summed E-state index contributed by atoms with van der Waals surface area (Å²) in [7, 11) is -1.92. The van der Waals surface area contributed by atoms with E-state index in [1.165, 1.54) is 16.4 Å². The van der Waals surface area contributed by atoms with Crippen LogP contribution in [0.1, 0.15) is 25.3 Å². The molecule has 0 unspecified atom stereocenters. The van der Waals surface area contributed by atoms with E-state index in [0.29, 0.717) is 25.3 Å². The lowest BCUT2D eigenvalue weighted by molar-refractivity contribution is 0.0174. The molecule has 0 radical (unpaired) electrons. The van der Waals surface area contributed by atoms with Crippen molar-refractivity contribution < 1.29 is 17.5 Å². The number of benzene rings is 1. The topological polar surface area (TPSA) is 46.6 Å². The highest BCUT2D eigenvalue weighted by atomic mass is 35.5. The largest absolute Gasteiger partial charge is 0.381 e. The van der Waals surface area contributed by atoms with Crippen LogP contribution < -0.4 is 0 Å². The zero-order chi connectivity index (χ0) is 16.4. The molecular weight excluding hydrogens is 329 g/mol. The van der Waals surface area contributed by atoms with Crippen LogP contribution in [0.25, 0.3) is 0 Å². The Balaban J connectivity index is 2.08. The van der Waals surface area contributed by atoms with Crippen molar-refractivity contribution >= 4 is 21.6 Å². The summed E-state index contributed by atoms with van der Waals surface area (Å²) in [6, 6.07) is 3.77. The molecule has 1 aromatic rings. The second-order valence-corrected chi connectivity index (χ2v) is 8.65. The van der Waals surface area contributed by atoms with Gasteiger partial charge in [0.15, 0.2) is 0 Å². The van der Waals surface area contributed by atoms with Crippen LogP contribution in [0.2, 0.25) is 5.02 Å². The first kappa shape index (κ1) is 17.7. The third-order valence-electron chi connectivity index (χ3n) is 4.13. The van der Waals surface area contributed by atoms with Crippen LogP contribution in [0.3, 0.4) is 0 Å². The summed E-state index contributed by atoms with van der Waals surface area (Å²) in [6.07, 6.45) is 1.67. The van der Waals surface area contributed by atoms with Gasteiger partial charge in [0.05, 0.1) is 5.75 Å². The number of halogens is 2. The van der Waals surface area contributed by atoms with Gasteiger partial charge >= 0.3 is 0 Å². The number of hydrogen-bond donors (Lipinski definition) is 0. The van der Waals surface area contributed by atoms with Crippen LogP contribution >= 0.6 is 11.6 Å². The van der Waals surface area contributed by atoms with Crippen molar-refractivity contribution in [2.75, 3.05) is 26.8 Å². The van der Waals surface area contributed by atoms with E-state index in [1.54, 1.807) is 7.05 Å². The van der Waals surface area contributed by atoms with E-state index >= 15 is 0 Å². The van der Waals surface area contributed by atoms with E-state index < -0.39 is 15.8 Å². The van der Waals surface area contributed by atoms with Crippen molar-refractivity contribution in [2.45, 2.75) is 25.5 Å². The Labute approximate surface area is 136 Å². The lowest BCUT2D eigenvalue weighted by Gasteiger charge is -2.36. The van der Waals surface area contributed by atoms with E-state index in [9.17, 15) is 12.8 Å². The van der Waals surface area contributed by atoms with Gasteiger partial charge in [-0.3, -0.25) is 0 Å². The van der Waals surface area contributed by atoms with Gasteiger partial charge in [0, 0.05) is 31.8 Å². The number of nitrogens with zero attached hydrogens (tertiary/aromatic N) is 1. The third kappa shape index (κ3) is 4.41. The summed E-state index contributed by atoms with van der Waals surface area (Å²) < 4.78 is 44.7. The van der Waals surface area contributed by atoms with Gasteiger partial charge in [-0.25, -0.2) is 17.1 Å². The van der Waals surface area contributed by atoms with Crippen LogP contribution in [0.5, 0.6) is 0 Å². The Morgan fingerprint density at radius 3 is 2.59 bits per heavy atom. The summed E-state index contributed by atoms with van der Waals surface area (Å²) in [5.41, 5.74) is 0.333. The highest BCUT2D eigenvalue weighted by Crippen LogP contribution is 2.31. The Bertz CT molecular complexity index is 630. The first-order valence-corrected chi connectivity index (χ1v) is 9.16. The Hall–Kier alpha value is -0.690. The van der Waals surface area contributed by atoms with Crippen LogP contribution in [0.4, 0.5) is 4.39 Å². The molecule has 0 atom stereocenters. The molecule has 4 nitrogen and oxygen atoms in total. The van der Waals surface area contributed by atoms with Gasteiger partial charge in [-0.05, 0) is 36.0 Å². The SMILES string of the molecule is CN(CC1(C)CCOCC1)S(=O)(=O)Cc1ccc(F)cc1Cl. The van der Waals surface area contributed by atoms with Crippen LogP contribution in [-0.4, -0.2) is 39.5 Å². The molecule has 0 spiro atoms. The van der Waals surface area contributed by atoms with Crippen molar-refractivity contribution in [3.8, 4) is 0 Å². The van der Waals surface area contributed by atoms with Gasteiger partial charge in [0.2, 0.25) is 10.0 Å². The van der Waals surface area contributed by atoms with Gasteiger partial charge < -0.3 is 4.74 Å². The predicted molar refractivity (Wildman–Crippen MR) is 84.8 cm³/mol. The Kier molecular flexibility index (Phi) is 5.48. The van der Waals surface area contributed by atoms with Crippen molar-refractivity contribution in [1.29, 1.82) is 0 Å². The second-order valence-electron chi connectivity index (χ2n) is 6.17. The average molecular weight is 350 g/mol. The number of rotatable bonds is 5. The maximum absolute atomic E-state index is 13.0. The van der Waals surface area contributed by atoms with E-state index in [1.807, 2.05) is 0 Å². The smallest absolute Gasteiger partial charge is 0.218 e. The summed E-state index contributed by atoms with van der Waals surface area (Å²) in [4.78, 5) is 0. The number of sulfonamides is 1. The van der Waals surface area contributed by atoms with Gasteiger partial charge in [-0.2, -0.15) is 0 Å². The maximum Gasteiger partial charge on any atom is 0.218 e. The Morgan fingerprint density at radius 2 is 2.00 bits per heavy atom. The first-order valence-electron chi connectivity index (χ1n) is 7.18. The molecule has 124 valence electrons. The fourth-order valence-corrected chi connectivity index (χ4v) is 4.29. The molecule has 7 heteroatoms. The molecule has 22 heavy (non-hydrogen) atoms. The molecule has 0 amide bonds. The lowest BCUT2D eigenvalue weighted by Crippen LogP contribution is -2.41. The van der Waals surface area contributed by atoms with Crippen molar-refractivity contribution in [3.63, 3.8) is 0 Å². The molecule has 1 aromatic carbocycles. The monoisotopic (exact) mass is 349 g/mol. The minimum atomic E-state index is -3.50. The molecule has 0 aromatic heterocycles. The quantitative estimate of drug-likeness (QED) is 0.820. The molecule has 1 fully saturated rings. The van der Waals surface area contributed by atoms with Crippen molar-refractivity contribution in [2.24, 2.45) is 5.41 Å². The molecule has 1 aliphatic rings. The van der Waals surface area contributed by atoms with Crippen LogP contribution in [0.15, 0.2) is 18.2 Å². The molecule has 2 rings (SSSR count). The predicted octanol–water partition coefficient (Wildman–Crippen LogP) is 3.06. The molecular formula is C15H21ClFNO3S. The van der Waals surface area contributed by atoms with Crippen LogP contribution in [-0.2, 0) is 20.5 Å². The van der Waals surface area contributed by atoms with Gasteiger partial charge in [0.1, 0.15) is 5.82 Å². The third-order valence-corrected chi connectivity index (χ3v) is 6.24. The molecule has 0 aliphatic carbocycles. The highest BCUT2D eigenvalue weighted by molar-refractivity contribution is 7.88. The van der Waals surface area contributed by atoms with E-state index in [4.69, 9.17) is 16.3 Å². The normalized spacial score (nSPS) is 18.6. The molecule has 1 heterocycles. The van der Waals surface area contributed by atoms with E-state index in [-0.39, 0.29) is 16.2 Å². The van der Waals surface area contributed by atoms with Crippen molar-refractivity contribution in [3.05, 3.63) is 34.6 Å². The minimum Gasteiger partial charge on any atom is -0.381 e. The zero-order valence-electron chi connectivity index (χ0n) is 12.8. The van der Waals surface area contributed by atoms with Crippen molar-refractivity contribution in [1.82, 2.24) is 4.31 Å². The summed E-state index contributed by atoms with van der Waals surface area (Å²) >= 11 is 5.92. The maximum atomic E-state index is 13.0. The number of ether oxygens (including phenoxy) is 1. The minimum absolute atomic E-state index is 0.0767. The summed E-state index contributed by atoms with van der Waals surface area (Å²) in [5, 5.41) is 0.134. The number of hydrogen-bond acceptors (Lipinski definition) is 3. The molecule has 0 bridgehead atoms. The molecule has 1 saturated heterocycles. The van der Waals surface area contributed by atoms with E-state index in [0.717, 1.165) is 18.9 Å².